The van der Waals surface area contributed by atoms with Crippen molar-refractivity contribution in [1.82, 2.24) is 0 Å². The Morgan fingerprint density at radius 2 is 0.984 bits per heavy atom. The maximum atomic E-state index is 12.8. The van der Waals surface area contributed by atoms with Gasteiger partial charge < -0.3 is 39.4 Å². The van der Waals surface area contributed by atoms with Crippen molar-refractivity contribution in [2.24, 2.45) is 0 Å². The molecule has 1 aliphatic rings. The maximum absolute atomic E-state index is 12.8. The number of hydrogen-bond donors (Lipinski definition) is 4. The maximum Gasteiger partial charge on any atom is 0.306 e. The number of carbonyl (C=O) groups is 1. The van der Waals surface area contributed by atoms with Gasteiger partial charge in [-0.2, -0.15) is 0 Å². The molecule has 1 saturated heterocycles. The van der Waals surface area contributed by atoms with E-state index in [1.165, 1.54) is 109 Å². The quantitative estimate of drug-likeness (QED) is 0.0268. The minimum absolute atomic E-state index is 0.118. The summed E-state index contributed by atoms with van der Waals surface area (Å²) in [6.07, 6.45) is 49.6. The SMILES string of the molecule is CC/C=C\C/C=C\C/C=C\C/C=C\C/C=C\CCCCCCCCCC(=O)OC(COCCCCCCCCCCCCCCCCCC)COC1OC(CO)C(O)C(O)C1O. The van der Waals surface area contributed by atoms with Crippen LogP contribution >= 0.6 is 0 Å². The zero-order valence-corrected chi connectivity index (χ0v) is 39.6. The second-order valence-electron chi connectivity index (χ2n) is 17.2. The van der Waals surface area contributed by atoms with E-state index in [2.05, 4.69) is 74.6 Å². The van der Waals surface area contributed by atoms with Crippen LogP contribution in [0.1, 0.15) is 206 Å². The molecule has 4 N–H and O–H groups in total. The number of aliphatic hydroxyl groups excluding tert-OH is 4. The van der Waals surface area contributed by atoms with Gasteiger partial charge in [0.2, 0.25) is 0 Å². The molecule has 0 aliphatic carbocycles. The van der Waals surface area contributed by atoms with E-state index in [4.69, 9.17) is 18.9 Å². The summed E-state index contributed by atoms with van der Waals surface area (Å²) >= 11 is 0. The first-order valence-corrected chi connectivity index (χ1v) is 25.4. The summed E-state index contributed by atoms with van der Waals surface area (Å²) in [6.45, 7) is 4.45. The van der Waals surface area contributed by atoms with Gasteiger partial charge in [0.1, 0.15) is 30.5 Å². The third kappa shape index (κ3) is 34.3. The van der Waals surface area contributed by atoms with Gasteiger partial charge in [-0.05, 0) is 57.8 Å². The summed E-state index contributed by atoms with van der Waals surface area (Å²) in [6, 6.07) is 0. The Morgan fingerprint density at radius 1 is 0.532 bits per heavy atom. The highest BCUT2D eigenvalue weighted by atomic mass is 16.7. The molecule has 0 saturated carbocycles. The molecule has 6 atom stereocenters. The van der Waals surface area contributed by atoms with Crippen LogP contribution in [0.5, 0.6) is 0 Å². The highest BCUT2D eigenvalue weighted by Crippen LogP contribution is 2.23. The van der Waals surface area contributed by atoms with Gasteiger partial charge in [0.15, 0.2) is 6.29 Å². The molecule has 0 amide bonds. The molecule has 1 heterocycles. The fraction of sp³-hybridized carbons (Fsp3) is 0.792. The molecule has 1 aliphatic heterocycles. The number of esters is 1. The molecule has 0 bridgehead atoms. The van der Waals surface area contributed by atoms with Gasteiger partial charge in [0, 0.05) is 13.0 Å². The second kappa shape index (κ2) is 44.1. The van der Waals surface area contributed by atoms with Crippen molar-refractivity contribution in [2.75, 3.05) is 26.4 Å². The first-order valence-electron chi connectivity index (χ1n) is 25.4. The van der Waals surface area contributed by atoms with Crippen molar-refractivity contribution in [2.45, 2.75) is 243 Å². The van der Waals surface area contributed by atoms with Crippen LogP contribution in [0, 0.1) is 0 Å². The Labute approximate surface area is 379 Å². The molecule has 1 rings (SSSR count). The van der Waals surface area contributed by atoms with Gasteiger partial charge in [-0.25, -0.2) is 0 Å². The molecule has 0 spiro atoms. The van der Waals surface area contributed by atoms with E-state index in [9.17, 15) is 25.2 Å². The van der Waals surface area contributed by atoms with Gasteiger partial charge in [0.25, 0.3) is 0 Å². The van der Waals surface area contributed by atoms with Crippen LogP contribution in [0.3, 0.4) is 0 Å². The first kappa shape index (κ1) is 57.9. The summed E-state index contributed by atoms with van der Waals surface area (Å²) in [4.78, 5) is 12.8. The van der Waals surface area contributed by atoms with Gasteiger partial charge in [-0.3, -0.25) is 4.79 Å². The smallest absolute Gasteiger partial charge is 0.306 e. The molecule has 9 nitrogen and oxygen atoms in total. The fourth-order valence-corrected chi connectivity index (χ4v) is 7.52. The molecular formula is C53H94O9. The lowest BCUT2D eigenvalue weighted by Gasteiger charge is -2.39. The normalized spacial score (nSPS) is 20.3. The van der Waals surface area contributed by atoms with E-state index in [1.54, 1.807) is 0 Å². The predicted molar refractivity (Wildman–Crippen MR) is 256 cm³/mol. The van der Waals surface area contributed by atoms with Crippen LogP contribution in [0.25, 0.3) is 0 Å². The lowest BCUT2D eigenvalue weighted by atomic mass is 9.99. The van der Waals surface area contributed by atoms with E-state index in [0.717, 1.165) is 77.0 Å². The van der Waals surface area contributed by atoms with E-state index in [0.29, 0.717) is 13.0 Å². The zero-order chi connectivity index (χ0) is 45.0. The lowest BCUT2D eigenvalue weighted by molar-refractivity contribution is -0.305. The van der Waals surface area contributed by atoms with Gasteiger partial charge in [0.05, 0.1) is 19.8 Å². The Morgan fingerprint density at radius 3 is 1.48 bits per heavy atom. The Hall–Kier alpha value is -2.11. The van der Waals surface area contributed by atoms with Gasteiger partial charge in [-0.1, -0.05) is 203 Å². The molecule has 6 unspecified atom stereocenters. The largest absolute Gasteiger partial charge is 0.457 e. The van der Waals surface area contributed by atoms with Crippen molar-refractivity contribution < 1.29 is 44.2 Å². The summed E-state index contributed by atoms with van der Waals surface area (Å²) in [5.41, 5.74) is 0. The number of unbranched alkanes of at least 4 members (excludes halogenated alkanes) is 22. The van der Waals surface area contributed by atoms with Crippen molar-refractivity contribution in [1.29, 1.82) is 0 Å². The second-order valence-corrected chi connectivity index (χ2v) is 17.2. The number of aliphatic hydroxyl groups is 4. The average molecular weight is 875 g/mol. The van der Waals surface area contributed by atoms with Crippen molar-refractivity contribution in [3.05, 3.63) is 60.8 Å². The Balaban J connectivity index is 2.22. The highest BCUT2D eigenvalue weighted by molar-refractivity contribution is 5.69. The summed E-state index contributed by atoms with van der Waals surface area (Å²) < 4.78 is 22.9. The topological polar surface area (TPSA) is 135 Å². The molecule has 0 aromatic heterocycles. The highest BCUT2D eigenvalue weighted by Gasteiger charge is 2.44. The molecule has 0 aromatic carbocycles. The minimum Gasteiger partial charge on any atom is -0.457 e. The third-order valence-corrected chi connectivity index (χ3v) is 11.4. The van der Waals surface area contributed by atoms with Crippen molar-refractivity contribution >= 4 is 5.97 Å². The average Bonchev–Trinajstić information content (AvgIpc) is 3.27. The van der Waals surface area contributed by atoms with Crippen LogP contribution in [-0.4, -0.2) is 89.6 Å². The molecule has 0 radical (unpaired) electrons. The number of allylic oxidation sites excluding steroid dienone is 10. The van der Waals surface area contributed by atoms with Gasteiger partial charge >= 0.3 is 5.97 Å². The predicted octanol–water partition coefficient (Wildman–Crippen LogP) is 12.3. The van der Waals surface area contributed by atoms with Crippen molar-refractivity contribution in [3.63, 3.8) is 0 Å². The van der Waals surface area contributed by atoms with Crippen LogP contribution in [0.15, 0.2) is 60.8 Å². The third-order valence-electron chi connectivity index (χ3n) is 11.4. The molecule has 360 valence electrons. The molecule has 0 aromatic rings. The first-order chi connectivity index (χ1) is 30.4. The Bertz CT molecular complexity index is 1130. The zero-order valence-electron chi connectivity index (χ0n) is 39.6. The molecule has 1 fully saturated rings. The molecular weight excluding hydrogens is 781 g/mol. The Kier molecular flexibility index (Phi) is 41.2. The van der Waals surface area contributed by atoms with Crippen LogP contribution in [-0.2, 0) is 23.7 Å². The van der Waals surface area contributed by atoms with Gasteiger partial charge in [-0.15, -0.1) is 0 Å². The van der Waals surface area contributed by atoms with Crippen molar-refractivity contribution in [3.8, 4) is 0 Å². The lowest BCUT2D eigenvalue weighted by Crippen LogP contribution is -2.59. The van der Waals surface area contributed by atoms with Crippen LogP contribution in [0.2, 0.25) is 0 Å². The summed E-state index contributed by atoms with van der Waals surface area (Å²) in [5, 5.41) is 40.2. The number of hydrogen-bond acceptors (Lipinski definition) is 9. The monoisotopic (exact) mass is 875 g/mol. The molecule has 62 heavy (non-hydrogen) atoms. The van der Waals surface area contributed by atoms with E-state index in [-0.39, 0.29) is 19.2 Å². The van der Waals surface area contributed by atoms with E-state index < -0.39 is 43.4 Å². The van der Waals surface area contributed by atoms with Crippen LogP contribution < -0.4 is 0 Å². The summed E-state index contributed by atoms with van der Waals surface area (Å²) in [7, 11) is 0. The fourth-order valence-electron chi connectivity index (χ4n) is 7.52. The number of rotatable bonds is 43. The standard InChI is InChI=1S/C53H94O9/c1-3-5-7-9-11-13-15-17-19-21-22-23-24-25-26-27-28-30-32-34-36-38-40-42-49(55)61-47(46-60-53-52(58)51(57)50(56)48(44-54)62-53)45-59-43-41-39-37-35-33-31-29-20-18-16-14-12-10-8-6-4-2/h5,7,11,13,17,19,22-23,25-26,47-48,50-54,56-58H,3-4,6,8-10,12,14-16,18,20-21,24,27-46H2,1-2H3/b7-5-,13-11-,19-17-,23-22-,26-25-. The number of carbonyl (C=O) groups excluding carboxylic acids is 1. The minimum atomic E-state index is -1.54. The number of ether oxygens (including phenoxy) is 4. The molecule has 9 heteroatoms. The van der Waals surface area contributed by atoms with E-state index >= 15 is 0 Å². The van der Waals surface area contributed by atoms with Crippen LogP contribution in [0.4, 0.5) is 0 Å². The van der Waals surface area contributed by atoms with E-state index in [1.807, 2.05) is 0 Å². The summed E-state index contributed by atoms with van der Waals surface area (Å²) in [5.74, 6) is -0.324.